The fourth-order valence-corrected chi connectivity index (χ4v) is 2.26. The van der Waals surface area contributed by atoms with Crippen LogP contribution in [0.2, 0.25) is 0 Å². The summed E-state index contributed by atoms with van der Waals surface area (Å²) in [5.74, 6) is 0.120. The van der Waals surface area contributed by atoms with Gasteiger partial charge in [-0.3, -0.25) is 9.59 Å². The van der Waals surface area contributed by atoms with Gasteiger partial charge in [-0.2, -0.15) is 0 Å². The summed E-state index contributed by atoms with van der Waals surface area (Å²) in [5, 5.41) is 5.64. The first-order valence-corrected chi connectivity index (χ1v) is 8.51. The van der Waals surface area contributed by atoms with Crippen LogP contribution in [0.25, 0.3) is 0 Å². The summed E-state index contributed by atoms with van der Waals surface area (Å²) in [6.45, 7) is 4.35. The van der Waals surface area contributed by atoms with Gasteiger partial charge in [-0.05, 0) is 37.6 Å². The van der Waals surface area contributed by atoms with E-state index in [4.69, 9.17) is 4.74 Å². The Morgan fingerprint density at radius 1 is 1.04 bits per heavy atom. The molecule has 0 aromatic heterocycles. The molecule has 2 aromatic carbocycles. The maximum absolute atomic E-state index is 12.4. The molecule has 1 unspecified atom stereocenters. The van der Waals surface area contributed by atoms with E-state index in [1.54, 1.807) is 43.3 Å². The largest absolute Gasteiger partial charge is 0.481 e. The molecule has 2 N–H and O–H groups in total. The van der Waals surface area contributed by atoms with Crippen LogP contribution in [0.3, 0.4) is 0 Å². The second-order valence-corrected chi connectivity index (χ2v) is 5.72. The summed E-state index contributed by atoms with van der Waals surface area (Å²) >= 11 is 0. The van der Waals surface area contributed by atoms with Crippen LogP contribution in [0.1, 0.15) is 37.0 Å². The second kappa shape index (κ2) is 9.47. The molecule has 2 aromatic rings. The number of hydrogen-bond donors (Lipinski definition) is 2. The average molecular weight is 340 g/mol. The van der Waals surface area contributed by atoms with Gasteiger partial charge < -0.3 is 15.4 Å². The molecule has 0 spiro atoms. The third kappa shape index (κ3) is 5.64. The smallest absolute Gasteiger partial charge is 0.265 e. The molecule has 5 heteroatoms. The van der Waals surface area contributed by atoms with Crippen molar-refractivity contribution in [2.24, 2.45) is 0 Å². The molecule has 0 saturated heterocycles. The van der Waals surface area contributed by atoms with E-state index in [-0.39, 0.29) is 11.8 Å². The summed E-state index contributed by atoms with van der Waals surface area (Å²) in [7, 11) is 0. The van der Waals surface area contributed by atoms with Crippen LogP contribution in [-0.2, 0) is 4.79 Å². The van der Waals surface area contributed by atoms with Gasteiger partial charge in [-0.1, -0.05) is 43.7 Å². The summed E-state index contributed by atoms with van der Waals surface area (Å²) in [6.07, 6.45) is 1.24. The predicted octanol–water partition coefficient (Wildman–Crippen LogP) is 3.62. The molecule has 2 rings (SSSR count). The quantitative estimate of drug-likeness (QED) is 0.721. The molecule has 0 aliphatic rings. The molecule has 0 fully saturated rings. The zero-order chi connectivity index (χ0) is 18.1. The maximum Gasteiger partial charge on any atom is 0.265 e. The van der Waals surface area contributed by atoms with Crippen LogP contribution in [0.4, 0.5) is 5.69 Å². The third-order valence-corrected chi connectivity index (χ3v) is 3.67. The molecule has 0 aliphatic heterocycles. The van der Waals surface area contributed by atoms with Crippen molar-refractivity contribution in [2.45, 2.75) is 32.8 Å². The number of rotatable bonds is 8. The number of hydrogen-bond acceptors (Lipinski definition) is 3. The van der Waals surface area contributed by atoms with Crippen molar-refractivity contribution in [3.05, 3.63) is 60.2 Å². The molecule has 0 bridgehead atoms. The lowest BCUT2D eigenvalue weighted by atomic mass is 10.1. The average Bonchev–Trinajstić information content (AvgIpc) is 2.63. The van der Waals surface area contributed by atoms with Gasteiger partial charge in [-0.15, -0.1) is 0 Å². The van der Waals surface area contributed by atoms with Gasteiger partial charge in [-0.25, -0.2) is 0 Å². The monoisotopic (exact) mass is 340 g/mol. The Morgan fingerprint density at radius 2 is 1.72 bits per heavy atom. The molecule has 5 nitrogen and oxygen atoms in total. The number of ether oxygens (including phenoxy) is 1. The summed E-state index contributed by atoms with van der Waals surface area (Å²) < 4.78 is 5.62. The number of nitrogens with one attached hydrogen (secondary N) is 2. The van der Waals surface area contributed by atoms with Crippen LogP contribution >= 0.6 is 0 Å². The van der Waals surface area contributed by atoms with Gasteiger partial charge in [0.1, 0.15) is 5.75 Å². The Morgan fingerprint density at radius 3 is 2.44 bits per heavy atom. The highest BCUT2D eigenvalue weighted by Crippen LogP contribution is 2.17. The van der Waals surface area contributed by atoms with Gasteiger partial charge >= 0.3 is 0 Å². The minimum absolute atomic E-state index is 0.194. The normalized spacial score (nSPS) is 11.4. The Hall–Kier alpha value is -2.82. The lowest BCUT2D eigenvalue weighted by Gasteiger charge is -2.16. The van der Waals surface area contributed by atoms with Crippen LogP contribution in [0.5, 0.6) is 5.75 Å². The van der Waals surface area contributed by atoms with E-state index in [1.165, 1.54) is 0 Å². The minimum atomic E-state index is -0.682. The lowest BCUT2D eigenvalue weighted by Crippen LogP contribution is -2.32. The van der Waals surface area contributed by atoms with Gasteiger partial charge in [0, 0.05) is 6.54 Å². The predicted molar refractivity (Wildman–Crippen MR) is 98.8 cm³/mol. The molecular formula is C20H24N2O3. The van der Waals surface area contributed by atoms with Gasteiger partial charge in [0.25, 0.3) is 11.8 Å². The van der Waals surface area contributed by atoms with Crippen molar-refractivity contribution >= 4 is 17.5 Å². The summed E-state index contributed by atoms with van der Waals surface area (Å²) in [4.78, 5) is 24.7. The number of anilines is 1. The van der Waals surface area contributed by atoms with Gasteiger partial charge in [0.15, 0.2) is 6.10 Å². The molecule has 0 heterocycles. The molecule has 0 aliphatic carbocycles. The topological polar surface area (TPSA) is 67.4 Å². The van der Waals surface area contributed by atoms with Crippen molar-refractivity contribution in [3.8, 4) is 5.75 Å². The van der Waals surface area contributed by atoms with Crippen molar-refractivity contribution in [1.29, 1.82) is 0 Å². The van der Waals surface area contributed by atoms with E-state index in [0.717, 1.165) is 12.8 Å². The van der Waals surface area contributed by atoms with E-state index in [1.807, 2.05) is 18.2 Å². The number of carbonyl (C=O) groups is 2. The number of carbonyl (C=O) groups excluding carboxylic acids is 2. The molecule has 1 atom stereocenters. The van der Waals surface area contributed by atoms with Crippen molar-refractivity contribution < 1.29 is 14.3 Å². The fraction of sp³-hybridized carbons (Fsp3) is 0.300. The lowest BCUT2D eigenvalue weighted by molar-refractivity contribution is -0.122. The molecular weight excluding hydrogens is 316 g/mol. The number of benzene rings is 2. The van der Waals surface area contributed by atoms with Crippen molar-refractivity contribution in [3.63, 3.8) is 0 Å². The van der Waals surface area contributed by atoms with E-state index >= 15 is 0 Å². The maximum atomic E-state index is 12.4. The molecule has 0 radical (unpaired) electrons. The number of amides is 2. The van der Waals surface area contributed by atoms with Gasteiger partial charge in [0.05, 0.1) is 11.3 Å². The van der Waals surface area contributed by atoms with Gasteiger partial charge in [0.2, 0.25) is 0 Å². The van der Waals surface area contributed by atoms with Crippen LogP contribution in [0, 0.1) is 0 Å². The zero-order valence-corrected chi connectivity index (χ0v) is 14.6. The highest BCUT2D eigenvalue weighted by atomic mass is 16.5. The highest BCUT2D eigenvalue weighted by molar-refractivity contribution is 6.04. The van der Waals surface area contributed by atoms with E-state index < -0.39 is 6.10 Å². The van der Waals surface area contributed by atoms with Crippen LogP contribution in [0.15, 0.2) is 54.6 Å². The third-order valence-electron chi connectivity index (χ3n) is 3.67. The fourth-order valence-electron chi connectivity index (χ4n) is 2.26. The van der Waals surface area contributed by atoms with Crippen molar-refractivity contribution in [2.75, 3.05) is 11.9 Å². The standard InChI is InChI=1S/C20H24N2O3/c1-3-4-14-21-20(24)17-12-8-9-13-18(17)22-19(23)15(2)25-16-10-6-5-7-11-16/h5-13,15H,3-4,14H2,1-2H3,(H,21,24)(H,22,23). The highest BCUT2D eigenvalue weighted by Gasteiger charge is 2.18. The molecule has 25 heavy (non-hydrogen) atoms. The molecule has 2 amide bonds. The SMILES string of the molecule is CCCCNC(=O)c1ccccc1NC(=O)C(C)Oc1ccccc1. The first-order chi connectivity index (χ1) is 12.1. The van der Waals surface area contributed by atoms with E-state index in [0.29, 0.717) is 23.5 Å². The molecule has 0 saturated carbocycles. The Kier molecular flexibility index (Phi) is 7.01. The molecule has 132 valence electrons. The van der Waals surface area contributed by atoms with E-state index in [9.17, 15) is 9.59 Å². The summed E-state index contributed by atoms with van der Waals surface area (Å²) in [5.41, 5.74) is 0.920. The van der Waals surface area contributed by atoms with Crippen molar-refractivity contribution in [1.82, 2.24) is 5.32 Å². The zero-order valence-electron chi connectivity index (χ0n) is 14.6. The van der Waals surface area contributed by atoms with Crippen LogP contribution < -0.4 is 15.4 Å². The first kappa shape index (κ1) is 18.5. The second-order valence-electron chi connectivity index (χ2n) is 5.72. The Labute approximate surface area is 148 Å². The Balaban J connectivity index is 2.01. The summed E-state index contributed by atoms with van der Waals surface area (Å²) in [6, 6.07) is 16.1. The first-order valence-electron chi connectivity index (χ1n) is 8.51. The van der Waals surface area contributed by atoms with Crippen LogP contribution in [-0.4, -0.2) is 24.5 Å². The number of para-hydroxylation sites is 2. The minimum Gasteiger partial charge on any atom is -0.481 e. The number of unbranched alkanes of at least 4 members (excludes halogenated alkanes) is 1. The Bertz CT molecular complexity index is 701. The van der Waals surface area contributed by atoms with E-state index in [2.05, 4.69) is 17.6 Å².